The number of hydrogen-bond acceptors (Lipinski definition) is 4. The van der Waals surface area contributed by atoms with Crippen molar-refractivity contribution >= 4 is 29.1 Å². The number of amides is 2. The van der Waals surface area contributed by atoms with Crippen LogP contribution in [0.1, 0.15) is 36.1 Å². The lowest BCUT2D eigenvalue weighted by Gasteiger charge is -2.13. The van der Waals surface area contributed by atoms with Crippen LogP contribution in [0.3, 0.4) is 0 Å². The average Bonchev–Trinajstić information content (AvgIpc) is 2.94. The monoisotopic (exact) mass is 307 g/mol. The molecule has 3 N–H and O–H groups in total. The van der Waals surface area contributed by atoms with Crippen molar-refractivity contribution in [2.75, 3.05) is 5.32 Å². The highest BCUT2D eigenvalue weighted by Gasteiger charge is 2.16. The zero-order valence-electron chi connectivity index (χ0n) is 11.5. The molecular formula is C13H14ClN5O2. The Labute approximate surface area is 126 Å². The van der Waals surface area contributed by atoms with Crippen LogP contribution in [0.15, 0.2) is 24.5 Å². The summed E-state index contributed by atoms with van der Waals surface area (Å²) in [5.41, 5.74) is 0.777. The second-order valence-electron chi connectivity index (χ2n) is 4.44. The molecule has 1 atom stereocenters. The van der Waals surface area contributed by atoms with Crippen LogP contribution in [0.5, 0.6) is 0 Å². The summed E-state index contributed by atoms with van der Waals surface area (Å²) in [6.07, 6.45) is 1.36. The predicted octanol–water partition coefficient (Wildman–Crippen LogP) is 1.91. The van der Waals surface area contributed by atoms with E-state index < -0.39 is 0 Å². The summed E-state index contributed by atoms with van der Waals surface area (Å²) in [5.74, 6) is -0.0488. The number of halogens is 1. The highest BCUT2D eigenvalue weighted by molar-refractivity contribution is 6.34. The Balaban J connectivity index is 2.16. The first kappa shape index (κ1) is 15.0. The molecule has 0 radical (unpaired) electrons. The predicted molar refractivity (Wildman–Crippen MR) is 78.0 cm³/mol. The smallest absolute Gasteiger partial charge is 0.253 e. The summed E-state index contributed by atoms with van der Waals surface area (Å²) in [5, 5.41) is 12.1. The van der Waals surface area contributed by atoms with Crippen molar-refractivity contribution < 1.29 is 9.59 Å². The summed E-state index contributed by atoms with van der Waals surface area (Å²) >= 11 is 6.03. The van der Waals surface area contributed by atoms with Crippen LogP contribution in [0, 0.1) is 0 Å². The number of rotatable bonds is 4. The van der Waals surface area contributed by atoms with Crippen LogP contribution in [0.4, 0.5) is 5.69 Å². The number of hydrogen-bond donors (Lipinski definition) is 3. The largest absolute Gasteiger partial charge is 0.342 e. The van der Waals surface area contributed by atoms with Gasteiger partial charge in [-0.05, 0) is 25.1 Å². The number of H-pyrrole nitrogens is 1. The van der Waals surface area contributed by atoms with Crippen molar-refractivity contribution in [3.8, 4) is 0 Å². The lowest BCUT2D eigenvalue weighted by Crippen LogP contribution is -2.27. The Kier molecular flexibility index (Phi) is 4.54. The van der Waals surface area contributed by atoms with Gasteiger partial charge in [-0.1, -0.05) is 11.6 Å². The molecule has 0 fully saturated rings. The van der Waals surface area contributed by atoms with Gasteiger partial charge in [0.2, 0.25) is 5.91 Å². The van der Waals surface area contributed by atoms with E-state index in [4.69, 9.17) is 11.6 Å². The second kappa shape index (κ2) is 6.36. The van der Waals surface area contributed by atoms with E-state index >= 15 is 0 Å². The third-order valence-electron chi connectivity index (χ3n) is 2.72. The van der Waals surface area contributed by atoms with Gasteiger partial charge in [0.1, 0.15) is 12.2 Å². The molecule has 0 saturated heterocycles. The Hall–Kier alpha value is -2.41. The van der Waals surface area contributed by atoms with E-state index in [9.17, 15) is 9.59 Å². The van der Waals surface area contributed by atoms with Crippen molar-refractivity contribution in [3.63, 3.8) is 0 Å². The fraction of sp³-hybridized carbons (Fsp3) is 0.231. The molecule has 1 aromatic heterocycles. The van der Waals surface area contributed by atoms with Crippen molar-refractivity contribution in [2.45, 2.75) is 19.9 Å². The highest BCUT2D eigenvalue weighted by Crippen LogP contribution is 2.21. The van der Waals surface area contributed by atoms with Gasteiger partial charge in [0.25, 0.3) is 5.91 Å². The maximum Gasteiger partial charge on any atom is 0.253 e. The topological polar surface area (TPSA) is 99.8 Å². The van der Waals surface area contributed by atoms with Gasteiger partial charge in [-0.2, -0.15) is 5.10 Å². The summed E-state index contributed by atoms with van der Waals surface area (Å²) in [6.45, 7) is 3.16. The molecule has 7 nitrogen and oxygen atoms in total. The number of benzene rings is 1. The van der Waals surface area contributed by atoms with E-state index in [-0.39, 0.29) is 23.4 Å². The van der Waals surface area contributed by atoms with Gasteiger partial charge in [-0.25, -0.2) is 4.98 Å². The molecule has 2 rings (SSSR count). The van der Waals surface area contributed by atoms with E-state index in [0.29, 0.717) is 16.5 Å². The van der Waals surface area contributed by atoms with Crippen LogP contribution in [-0.4, -0.2) is 27.0 Å². The third kappa shape index (κ3) is 3.79. The zero-order valence-corrected chi connectivity index (χ0v) is 12.2. The number of carbonyl (C=O) groups excluding carboxylic acids is 2. The van der Waals surface area contributed by atoms with Gasteiger partial charge >= 0.3 is 0 Å². The van der Waals surface area contributed by atoms with Crippen LogP contribution >= 0.6 is 11.6 Å². The molecule has 0 saturated carbocycles. The molecule has 21 heavy (non-hydrogen) atoms. The fourth-order valence-corrected chi connectivity index (χ4v) is 1.95. The van der Waals surface area contributed by atoms with Gasteiger partial charge in [-0.3, -0.25) is 14.7 Å². The summed E-state index contributed by atoms with van der Waals surface area (Å²) in [4.78, 5) is 27.3. The molecule has 0 aliphatic rings. The Morgan fingerprint density at radius 3 is 2.76 bits per heavy atom. The molecular weight excluding hydrogens is 294 g/mol. The van der Waals surface area contributed by atoms with E-state index in [0.717, 1.165) is 0 Å². The number of carbonyl (C=O) groups is 2. The number of nitrogens with zero attached hydrogens (tertiary/aromatic N) is 2. The molecule has 1 unspecified atom stereocenters. The zero-order chi connectivity index (χ0) is 15.4. The lowest BCUT2D eigenvalue weighted by atomic mass is 10.1. The minimum Gasteiger partial charge on any atom is -0.342 e. The number of aromatic amines is 1. The Bertz CT molecular complexity index is 657. The minimum atomic E-state index is -0.365. The Morgan fingerprint density at radius 1 is 1.38 bits per heavy atom. The first-order valence-electron chi connectivity index (χ1n) is 6.20. The van der Waals surface area contributed by atoms with E-state index in [1.165, 1.54) is 19.3 Å². The SMILES string of the molecule is CC(=O)Nc1ccc(Cl)c(C(=O)NC(C)c2ncn[nH]2)c1. The van der Waals surface area contributed by atoms with Crippen molar-refractivity contribution in [1.82, 2.24) is 20.5 Å². The quantitative estimate of drug-likeness (QED) is 0.803. The third-order valence-corrected chi connectivity index (χ3v) is 3.05. The van der Waals surface area contributed by atoms with Gasteiger partial charge in [0, 0.05) is 12.6 Å². The number of aromatic nitrogens is 3. The molecule has 0 aliphatic heterocycles. The second-order valence-corrected chi connectivity index (χ2v) is 4.85. The first-order chi connectivity index (χ1) is 9.97. The summed E-state index contributed by atoms with van der Waals surface area (Å²) < 4.78 is 0. The molecule has 1 aromatic carbocycles. The number of nitrogens with one attached hydrogen (secondary N) is 3. The van der Waals surface area contributed by atoms with Gasteiger partial charge in [0.05, 0.1) is 16.6 Å². The van der Waals surface area contributed by atoms with Gasteiger partial charge < -0.3 is 10.6 Å². The molecule has 1 heterocycles. The van der Waals surface area contributed by atoms with E-state index in [1.807, 2.05) is 0 Å². The van der Waals surface area contributed by atoms with Crippen molar-refractivity contribution in [1.29, 1.82) is 0 Å². The molecule has 110 valence electrons. The maximum absolute atomic E-state index is 12.2. The lowest BCUT2D eigenvalue weighted by molar-refractivity contribution is -0.114. The van der Waals surface area contributed by atoms with Crippen LogP contribution in [0.2, 0.25) is 5.02 Å². The van der Waals surface area contributed by atoms with Crippen LogP contribution in [-0.2, 0) is 4.79 Å². The maximum atomic E-state index is 12.2. The molecule has 0 bridgehead atoms. The van der Waals surface area contributed by atoms with E-state index in [1.54, 1.807) is 19.1 Å². The molecule has 8 heteroatoms. The van der Waals surface area contributed by atoms with Gasteiger partial charge in [-0.15, -0.1) is 0 Å². The molecule has 2 amide bonds. The van der Waals surface area contributed by atoms with Crippen molar-refractivity contribution in [2.24, 2.45) is 0 Å². The highest BCUT2D eigenvalue weighted by atomic mass is 35.5. The molecule has 0 aliphatic carbocycles. The first-order valence-corrected chi connectivity index (χ1v) is 6.58. The number of anilines is 1. The molecule has 0 spiro atoms. The summed E-state index contributed by atoms with van der Waals surface area (Å²) in [7, 11) is 0. The Morgan fingerprint density at radius 2 is 2.14 bits per heavy atom. The van der Waals surface area contributed by atoms with Crippen molar-refractivity contribution in [3.05, 3.63) is 40.9 Å². The minimum absolute atomic E-state index is 0.223. The van der Waals surface area contributed by atoms with E-state index in [2.05, 4.69) is 25.8 Å². The fourth-order valence-electron chi connectivity index (χ4n) is 1.75. The average molecular weight is 308 g/mol. The normalized spacial score (nSPS) is 11.8. The van der Waals surface area contributed by atoms with Gasteiger partial charge in [0.15, 0.2) is 0 Å². The molecule has 2 aromatic rings. The van der Waals surface area contributed by atoms with Crippen LogP contribution < -0.4 is 10.6 Å². The summed E-state index contributed by atoms with van der Waals surface area (Å²) in [6, 6.07) is 4.36. The van der Waals surface area contributed by atoms with Crippen LogP contribution in [0.25, 0.3) is 0 Å². The standard InChI is InChI=1S/C13H14ClN5O2/c1-7(12-15-6-16-19-12)17-13(21)10-5-9(18-8(2)20)3-4-11(10)14/h3-7H,1-2H3,(H,17,21)(H,18,20)(H,15,16,19).